The minimum absolute atomic E-state index is 0.864. The van der Waals surface area contributed by atoms with Crippen molar-refractivity contribution in [3.05, 3.63) is 0 Å². The van der Waals surface area contributed by atoms with E-state index in [9.17, 15) is 0 Å². The van der Waals surface area contributed by atoms with Crippen LogP contribution in [0.1, 0.15) is 32.6 Å². The van der Waals surface area contributed by atoms with Crippen molar-refractivity contribution in [2.24, 2.45) is 10.9 Å². The normalized spacial score (nSPS) is 24.1. The van der Waals surface area contributed by atoms with Crippen LogP contribution in [-0.4, -0.2) is 88.4 Å². The van der Waals surface area contributed by atoms with Crippen molar-refractivity contribution in [2.75, 3.05) is 72.6 Å². The number of hydrogen-bond acceptors (Lipinski definition) is 4. The van der Waals surface area contributed by atoms with Gasteiger partial charge in [-0.1, -0.05) is 6.92 Å². The van der Waals surface area contributed by atoms with Crippen LogP contribution in [-0.2, 0) is 4.74 Å². The Morgan fingerprint density at radius 2 is 1.83 bits per heavy atom. The first-order valence-corrected chi connectivity index (χ1v) is 9.75. The summed E-state index contributed by atoms with van der Waals surface area (Å²) < 4.78 is 5.37. The maximum atomic E-state index is 5.37. The third-order valence-corrected chi connectivity index (χ3v) is 4.98. The second-order valence-corrected chi connectivity index (χ2v) is 7.13. The van der Waals surface area contributed by atoms with Crippen LogP contribution in [0.4, 0.5) is 0 Å². The van der Waals surface area contributed by atoms with Gasteiger partial charge in [-0.2, -0.15) is 0 Å². The molecular formula is C18H37N5O. The third kappa shape index (κ3) is 7.81. The molecule has 140 valence electrons. The highest BCUT2D eigenvalue weighted by Crippen LogP contribution is 2.15. The first-order chi connectivity index (χ1) is 11.8. The van der Waals surface area contributed by atoms with Gasteiger partial charge in [-0.15, -0.1) is 0 Å². The second kappa shape index (κ2) is 11.7. The maximum absolute atomic E-state index is 5.37. The van der Waals surface area contributed by atoms with Crippen LogP contribution in [0.2, 0.25) is 0 Å². The van der Waals surface area contributed by atoms with Gasteiger partial charge in [-0.3, -0.25) is 9.89 Å². The number of piperidine rings is 1. The fraction of sp³-hybridized carbons (Fsp3) is 0.944. The average Bonchev–Trinajstić information content (AvgIpc) is 2.61. The minimum Gasteiger partial charge on any atom is -0.379 e. The summed E-state index contributed by atoms with van der Waals surface area (Å²) in [5.41, 5.74) is 0. The van der Waals surface area contributed by atoms with E-state index in [1.807, 2.05) is 7.05 Å². The lowest BCUT2D eigenvalue weighted by Crippen LogP contribution is -2.44. The predicted molar refractivity (Wildman–Crippen MR) is 101 cm³/mol. The number of guanidine groups is 1. The Bertz CT molecular complexity index is 357. The highest BCUT2D eigenvalue weighted by atomic mass is 16.5. The fourth-order valence-electron chi connectivity index (χ4n) is 3.53. The van der Waals surface area contributed by atoms with Gasteiger partial charge in [0, 0.05) is 46.3 Å². The molecule has 1 unspecified atom stereocenters. The second-order valence-electron chi connectivity index (χ2n) is 7.13. The van der Waals surface area contributed by atoms with Crippen LogP contribution < -0.4 is 10.6 Å². The monoisotopic (exact) mass is 339 g/mol. The van der Waals surface area contributed by atoms with Crippen LogP contribution in [0.15, 0.2) is 4.99 Å². The van der Waals surface area contributed by atoms with E-state index >= 15 is 0 Å². The zero-order valence-corrected chi connectivity index (χ0v) is 15.7. The lowest BCUT2D eigenvalue weighted by Gasteiger charge is -2.30. The fourth-order valence-corrected chi connectivity index (χ4v) is 3.53. The molecule has 2 heterocycles. The molecule has 6 nitrogen and oxygen atoms in total. The summed E-state index contributed by atoms with van der Waals surface area (Å²) in [6.45, 7) is 13.0. The van der Waals surface area contributed by atoms with E-state index in [2.05, 4.69) is 32.3 Å². The standard InChI is InChI=1S/C18H37N5O/c1-17-6-5-10-23(16-17)9-4-3-7-20-18(19-2)21-8-11-22-12-14-24-15-13-22/h17H,3-16H2,1-2H3,(H2,19,20,21). The largest absolute Gasteiger partial charge is 0.379 e. The summed E-state index contributed by atoms with van der Waals surface area (Å²) >= 11 is 0. The van der Waals surface area contributed by atoms with E-state index in [0.29, 0.717) is 0 Å². The van der Waals surface area contributed by atoms with Crippen LogP contribution in [0, 0.1) is 5.92 Å². The topological polar surface area (TPSA) is 52.1 Å². The zero-order valence-electron chi connectivity index (χ0n) is 15.7. The van der Waals surface area contributed by atoms with Gasteiger partial charge in [-0.05, 0) is 44.7 Å². The molecule has 0 aromatic carbocycles. The number of hydrogen-bond donors (Lipinski definition) is 2. The number of nitrogens with zero attached hydrogens (tertiary/aromatic N) is 3. The molecule has 0 spiro atoms. The van der Waals surface area contributed by atoms with Crippen LogP contribution in [0.25, 0.3) is 0 Å². The summed E-state index contributed by atoms with van der Waals surface area (Å²) in [5, 5.41) is 6.84. The quantitative estimate of drug-likeness (QED) is 0.392. The molecule has 6 heteroatoms. The molecule has 24 heavy (non-hydrogen) atoms. The van der Waals surface area contributed by atoms with Crippen LogP contribution in [0.5, 0.6) is 0 Å². The molecule has 0 aromatic heterocycles. The summed E-state index contributed by atoms with van der Waals surface area (Å²) in [5.74, 6) is 1.81. The minimum atomic E-state index is 0.864. The number of ether oxygens (including phenoxy) is 1. The van der Waals surface area contributed by atoms with E-state index in [1.165, 1.54) is 45.3 Å². The number of unbranched alkanes of at least 4 members (excludes halogenated alkanes) is 1. The molecule has 2 rings (SSSR count). The Hall–Kier alpha value is -0.850. The predicted octanol–water partition coefficient (Wildman–Crippen LogP) is 0.996. The van der Waals surface area contributed by atoms with Gasteiger partial charge in [0.1, 0.15) is 0 Å². The lowest BCUT2D eigenvalue weighted by molar-refractivity contribution is 0.0389. The summed E-state index contributed by atoms with van der Waals surface area (Å²) in [6.07, 6.45) is 5.25. The van der Waals surface area contributed by atoms with Crippen molar-refractivity contribution in [3.8, 4) is 0 Å². The maximum Gasteiger partial charge on any atom is 0.191 e. The van der Waals surface area contributed by atoms with E-state index in [4.69, 9.17) is 4.74 Å². The van der Waals surface area contributed by atoms with E-state index in [1.54, 1.807) is 0 Å². The van der Waals surface area contributed by atoms with E-state index in [0.717, 1.165) is 57.8 Å². The Labute approximate surface area is 148 Å². The highest BCUT2D eigenvalue weighted by Gasteiger charge is 2.15. The Balaban J connectivity index is 1.47. The first-order valence-electron chi connectivity index (χ1n) is 9.75. The van der Waals surface area contributed by atoms with Gasteiger partial charge in [0.05, 0.1) is 13.2 Å². The van der Waals surface area contributed by atoms with Crippen LogP contribution >= 0.6 is 0 Å². The van der Waals surface area contributed by atoms with Crippen LogP contribution in [0.3, 0.4) is 0 Å². The van der Waals surface area contributed by atoms with Crippen molar-refractivity contribution in [1.82, 2.24) is 20.4 Å². The van der Waals surface area contributed by atoms with Gasteiger partial charge >= 0.3 is 0 Å². The molecular weight excluding hydrogens is 302 g/mol. The van der Waals surface area contributed by atoms with Gasteiger partial charge < -0.3 is 20.3 Å². The number of rotatable bonds is 8. The molecule has 0 bridgehead atoms. The van der Waals surface area contributed by atoms with Gasteiger partial charge in [0.2, 0.25) is 0 Å². The van der Waals surface area contributed by atoms with Gasteiger partial charge in [0.25, 0.3) is 0 Å². The molecule has 2 N–H and O–H groups in total. The molecule has 2 saturated heterocycles. The van der Waals surface area contributed by atoms with Crippen molar-refractivity contribution >= 4 is 5.96 Å². The van der Waals surface area contributed by atoms with Gasteiger partial charge in [-0.25, -0.2) is 0 Å². The first kappa shape index (κ1) is 19.5. The molecule has 0 amide bonds. The van der Waals surface area contributed by atoms with Crippen molar-refractivity contribution in [3.63, 3.8) is 0 Å². The number of nitrogens with one attached hydrogen (secondary N) is 2. The summed E-state index contributed by atoms with van der Waals surface area (Å²) in [4.78, 5) is 9.37. The molecule has 0 aliphatic carbocycles. The molecule has 0 aromatic rings. The zero-order chi connectivity index (χ0) is 17.0. The Morgan fingerprint density at radius 1 is 1.04 bits per heavy atom. The average molecular weight is 340 g/mol. The number of likely N-dealkylation sites (tertiary alicyclic amines) is 1. The summed E-state index contributed by atoms with van der Waals surface area (Å²) in [6, 6.07) is 0. The third-order valence-electron chi connectivity index (χ3n) is 4.98. The molecule has 0 saturated carbocycles. The summed E-state index contributed by atoms with van der Waals surface area (Å²) in [7, 11) is 1.85. The van der Waals surface area contributed by atoms with E-state index < -0.39 is 0 Å². The molecule has 2 aliphatic rings. The number of aliphatic imine (C=N–C) groups is 1. The molecule has 0 radical (unpaired) electrons. The molecule has 1 atom stereocenters. The lowest BCUT2D eigenvalue weighted by atomic mass is 10.0. The highest BCUT2D eigenvalue weighted by molar-refractivity contribution is 5.79. The Morgan fingerprint density at radius 3 is 2.58 bits per heavy atom. The van der Waals surface area contributed by atoms with Crippen molar-refractivity contribution in [2.45, 2.75) is 32.6 Å². The van der Waals surface area contributed by atoms with Crippen molar-refractivity contribution < 1.29 is 4.74 Å². The van der Waals surface area contributed by atoms with Gasteiger partial charge in [0.15, 0.2) is 5.96 Å². The molecule has 2 aliphatic heterocycles. The smallest absolute Gasteiger partial charge is 0.191 e. The SMILES string of the molecule is CN=C(NCCCCN1CCCC(C)C1)NCCN1CCOCC1. The van der Waals surface area contributed by atoms with Crippen molar-refractivity contribution in [1.29, 1.82) is 0 Å². The Kier molecular flexibility index (Phi) is 9.46. The van der Waals surface area contributed by atoms with E-state index in [-0.39, 0.29) is 0 Å². The number of morpholine rings is 1. The molecule has 2 fully saturated rings.